The molecule has 0 saturated carbocycles. The molecule has 3 atom stereocenters. The van der Waals surface area contributed by atoms with Gasteiger partial charge >= 0.3 is 19.1 Å². The van der Waals surface area contributed by atoms with Crippen LogP contribution in [-0.4, -0.2) is 122 Å². The topological polar surface area (TPSA) is 174 Å². The highest BCUT2D eigenvalue weighted by Crippen LogP contribution is 2.45. The largest absolute Gasteiger partial charge is 0.573 e. The molecule has 0 radical (unpaired) electrons. The first kappa shape index (κ1) is 69.1. The third-order valence-electron chi connectivity index (χ3n) is 14.8. The molecule has 6 aromatic heterocycles. The third kappa shape index (κ3) is 15.6. The van der Waals surface area contributed by atoms with E-state index in [4.69, 9.17) is 50.0 Å². The Balaban J connectivity index is 0.000000179. The number of rotatable bonds is 19. The van der Waals surface area contributed by atoms with E-state index in [0.29, 0.717) is 86.4 Å². The summed E-state index contributed by atoms with van der Waals surface area (Å²) in [6, 6.07) is 19.2. The van der Waals surface area contributed by atoms with Gasteiger partial charge in [0.05, 0.1) is 115 Å². The molecule has 0 spiro atoms. The van der Waals surface area contributed by atoms with E-state index in [2.05, 4.69) is 30.7 Å². The number of fused-ring (bicyclic) bond motifs is 3. The van der Waals surface area contributed by atoms with Crippen molar-refractivity contribution in [2.75, 3.05) is 67.4 Å². The summed E-state index contributed by atoms with van der Waals surface area (Å²) in [5.41, 5.74) is 9.96. The first-order valence-corrected chi connectivity index (χ1v) is 28.6. The maximum atomic E-state index is 12.8. The summed E-state index contributed by atoms with van der Waals surface area (Å²) in [5.74, 6) is -1.25. The van der Waals surface area contributed by atoms with Crippen LogP contribution >= 0.6 is 11.6 Å². The van der Waals surface area contributed by atoms with Crippen LogP contribution in [0.3, 0.4) is 0 Å². The van der Waals surface area contributed by atoms with Crippen LogP contribution in [0, 0.1) is 20.8 Å². The van der Waals surface area contributed by atoms with Crippen LogP contribution in [0.25, 0.3) is 66.9 Å². The Morgan fingerprint density at radius 3 is 1.34 bits per heavy atom. The van der Waals surface area contributed by atoms with E-state index in [-0.39, 0.29) is 71.5 Å². The molecule has 92 heavy (non-hydrogen) atoms. The molecule has 1 fully saturated rings. The van der Waals surface area contributed by atoms with Crippen molar-refractivity contribution in [3.63, 3.8) is 0 Å². The second-order valence-corrected chi connectivity index (χ2v) is 21.8. The van der Waals surface area contributed by atoms with E-state index >= 15 is 0 Å². The number of imide groups is 1. The lowest BCUT2D eigenvalue weighted by molar-refractivity contribution is -0.275. The SMILES string of the molecule is COC[C@H](C)n1cc(Cl)c2nc(-c3ccc(OC(F)(F)F)cc3OC)c(C)cc21.COC[C@H](C)n1ccc2nc(-c3ccc(OC(F)(F)F)cc3OC)c(C)c(N3C(=O)CCC3=O)c21.COC[C@H](C)n1ccc2nc(-c3ccc(OC(F)(F)F)cc3OC)c(C)cc21. The smallest absolute Gasteiger partial charge is 0.496 e. The highest BCUT2D eigenvalue weighted by atomic mass is 35.5. The van der Waals surface area contributed by atoms with Crippen molar-refractivity contribution < 1.29 is 91.7 Å². The molecule has 0 bridgehead atoms. The molecule has 492 valence electrons. The first-order chi connectivity index (χ1) is 43.4. The van der Waals surface area contributed by atoms with Crippen molar-refractivity contribution in [3.05, 3.63) is 119 Å². The Morgan fingerprint density at radius 2 is 0.891 bits per heavy atom. The molecule has 28 heteroatoms. The summed E-state index contributed by atoms with van der Waals surface area (Å²) in [6.45, 7) is 12.9. The highest BCUT2D eigenvalue weighted by molar-refractivity contribution is 6.35. The average molecular weight is 1310 g/mol. The van der Waals surface area contributed by atoms with Crippen LogP contribution in [-0.2, 0) is 23.8 Å². The molecular formula is C64H65ClF9N7O11. The van der Waals surface area contributed by atoms with Crippen LogP contribution in [0.2, 0.25) is 5.02 Å². The van der Waals surface area contributed by atoms with E-state index in [1.165, 1.54) is 68.7 Å². The van der Waals surface area contributed by atoms with Gasteiger partial charge in [-0.2, -0.15) is 0 Å². The minimum absolute atomic E-state index is 0.0513. The van der Waals surface area contributed by atoms with E-state index < -0.39 is 24.8 Å². The Kier molecular flexibility index (Phi) is 21.3. The quantitative estimate of drug-likeness (QED) is 0.0552. The van der Waals surface area contributed by atoms with E-state index in [9.17, 15) is 49.1 Å². The van der Waals surface area contributed by atoms with Gasteiger partial charge in [0, 0.05) is 93.2 Å². The number of hydrogen-bond donors (Lipinski definition) is 0. The zero-order valence-corrected chi connectivity index (χ0v) is 52.7. The van der Waals surface area contributed by atoms with Gasteiger partial charge in [-0.3, -0.25) is 9.59 Å². The van der Waals surface area contributed by atoms with Crippen LogP contribution in [0.1, 0.15) is 68.4 Å². The monoisotopic (exact) mass is 1310 g/mol. The maximum absolute atomic E-state index is 12.8. The molecule has 9 aromatic rings. The molecule has 0 unspecified atom stereocenters. The Bertz CT molecular complexity index is 4130. The van der Waals surface area contributed by atoms with E-state index in [1.54, 1.807) is 46.7 Å². The summed E-state index contributed by atoms with van der Waals surface area (Å²) in [7, 11) is 8.96. The van der Waals surface area contributed by atoms with Gasteiger partial charge in [0.1, 0.15) is 40.0 Å². The van der Waals surface area contributed by atoms with Gasteiger partial charge < -0.3 is 56.3 Å². The number of aryl methyl sites for hydroxylation is 2. The number of amides is 2. The van der Waals surface area contributed by atoms with Crippen LogP contribution in [0.5, 0.6) is 34.5 Å². The molecule has 3 aromatic carbocycles. The summed E-state index contributed by atoms with van der Waals surface area (Å²) in [6.07, 6.45) is -8.67. The first-order valence-electron chi connectivity index (χ1n) is 28.2. The van der Waals surface area contributed by atoms with Crippen molar-refractivity contribution in [2.24, 2.45) is 0 Å². The third-order valence-corrected chi connectivity index (χ3v) is 15.1. The summed E-state index contributed by atoms with van der Waals surface area (Å²) in [4.78, 5) is 40.8. The summed E-state index contributed by atoms with van der Waals surface area (Å²) < 4.78 is 163. The number of nitrogens with zero attached hydrogens (tertiary/aromatic N) is 7. The summed E-state index contributed by atoms with van der Waals surface area (Å²) in [5, 5.41) is 0.472. The van der Waals surface area contributed by atoms with Crippen molar-refractivity contribution in [3.8, 4) is 68.3 Å². The molecule has 10 rings (SSSR count). The van der Waals surface area contributed by atoms with Crippen LogP contribution in [0.15, 0.2) is 97.5 Å². The lowest BCUT2D eigenvalue weighted by Gasteiger charge is -2.24. The number of benzene rings is 3. The van der Waals surface area contributed by atoms with Crippen molar-refractivity contribution in [1.29, 1.82) is 0 Å². The molecule has 18 nitrogen and oxygen atoms in total. The van der Waals surface area contributed by atoms with Crippen molar-refractivity contribution >= 4 is 62.2 Å². The molecular weight excluding hydrogens is 1250 g/mol. The number of hydrogen-bond acceptors (Lipinski definition) is 14. The number of aromatic nitrogens is 6. The molecule has 1 aliphatic rings. The number of alkyl halides is 9. The predicted molar refractivity (Wildman–Crippen MR) is 326 cm³/mol. The number of carbonyl (C=O) groups excluding carboxylic acids is 2. The fourth-order valence-electron chi connectivity index (χ4n) is 10.8. The number of halogens is 10. The average Bonchev–Trinajstić information content (AvgIpc) is 1.50. The fraction of sp³-hybridized carbons (Fsp3) is 0.359. The van der Waals surface area contributed by atoms with Gasteiger partial charge in [-0.1, -0.05) is 11.6 Å². The van der Waals surface area contributed by atoms with Gasteiger partial charge in [-0.25, -0.2) is 19.9 Å². The number of ether oxygens (including phenoxy) is 9. The Labute approximate surface area is 527 Å². The van der Waals surface area contributed by atoms with Gasteiger partial charge in [0.25, 0.3) is 0 Å². The van der Waals surface area contributed by atoms with Gasteiger partial charge in [0.2, 0.25) is 11.8 Å². The number of pyridine rings is 3. The molecule has 2 amide bonds. The molecule has 0 aliphatic carbocycles. The minimum atomic E-state index is -4.86. The molecule has 7 heterocycles. The zero-order valence-electron chi connectivity index (χ0n) is 51.9. The van der Waals surface area contributed by atoms with Crippen LogP contribution < -0.4 is 33.3 Å². The number of anilines is 1. The van der Waals surface area contributed by atoms with Crippen molar-refractivity contribution in [1.82, 2.24) is 28.7 Å². The normalized spacial score (nSPS) is 13.8. The second-order valence-electron chi connectivity index (χ2n) is 21.3. The van der Waals surface area contributed by atoms with E-state index in [1.807, 2.05) is 61.2 Å². The summed E-state index contributed by atoms with van der Waals surface area (Å²) >= 11 is 6.40. The fourth-order valence-corrected chi connectivity index (χ4v) is 11.1. The molecule has 0 N–H and O–H groups in total. The lowest BCUT2D eigenvalue weighted by Crippen LogP contribution is -2.30. The maximum Gasteiger partial charge on any atom is 0.573 e. The van der Waals surface area contributed by atoms with E-state index in [0.717, 1.165) is 39.8 Å². The Morgan fingerprint density at radius 1 is 0.500 bits per heavy atom. The van der Waals surface area contributed by atoms with Gasteiger partial charge in [-0.15, -0.1) is 39.5 Å². The molecule has 1 saturated heterocycles. The number of methoxy groups -OCH3 is 6. The predicted octanol–water partition coefficient (Wildman–Crippen LogP) is 15.7. The zero-order chi connectivity index (χ0) is 67.3. The highest BCUT2D eigenvalue weighted by Gasteiger charge is 2.37. The second kappa shape index (κ2) is 28.4. The van der Waals surface area contributed by atoms with Gasteiger partial charge in [-0.05, 0) is 113 Å². The molecule has 1 aliphatic heterocycles. The van der Waals surface area contributed by atoms with Crippen molar-refractivity contribution in [2.45, 2.75) is 91.6 Å². The van der Waals surface area contributed by atoms with Crippen LogP contribution in [0.4, 0.5) is 45.2 Å². The number of carbonyl (C=O) groups is 2. The Hall–Kier alpha value is -8.79. The van der Waals surface area contributed by atoms with Gasteiger partial charge in [0.15, 0.2) is 0 Å². The standard InChI is InChI=1S/C24H24F3N3O5.C20H20ClF3N2O3.C20H21F3N2O3/c1-13(12-33-3)29-10-9-17-23(29)22(30-19(31)7-8-20(30)32)14(2)21(28-17)16-6-5-15(11-18(16)34-4)35-24(25,26)27;1-11-7-16-19(15(21)9-26(16)12(2)10-27-3)25-18(11)14-6-5-13(8-17(14)28-4)29-20(22,23)24;1-12-9-17-16(7-8-25(17)13(2)11-26-3)24-19(12)15-6-5-14(10-18(15)27-4)28-20(21,22)23/h5-6,9-11,13H,7-8,12H2,1-4H3;5-9,12H,10H2,1-4H3;5-10,13H,11H2,1-4H3/t13-;12-;13-/m000/s1. The lowest BCUT2D eigenvalue weighted by atomic mass is 10.0. The minimum Gasteiger partial charge on any atom is -0.496 e.